The third-order valence-corrected chi connectivity index (χ3v) is 5.19. The van der Waals surface area contributed by atoms with Crippen LogP contribution in [0.15, 0.2) is 4.79 Å². The van der Waals surface area contributed by atoms with Crippen molar-refractivity contribution < 1.29 is 19.4 Å². The van der Waals surface area contributed by atoms with Gasteiger partial charge in [0.1, 0.15) is 5.60 Å². The van der Waals surface area contributed by atoms with Gasteiger partial charge in [0.15, 0.2) is 0 Å². The van der Waals surface area contributed by atoms with Gasteiger partial charge in [-0.3, -0.25) is 4.79 Å². The number of amides is 2. The quantitative estimate of drug-likeness (QED) is 0.793. The summed E-state index contributed by atoms with van der Waals surface area (Å²) in [7, 11) is 0. The zero-order valence-electron chi connectivity index (χ0n) is 16.7. The van der Waals surface area contributed by atoms with Crippen LogP contribution in [0.3, 0.4) is 0 Å². The Bertz CT molecular complexity index is 814. The summed E-state index contributed by atoms with van der Waals surface area (Å²) < 4.78 is 5.52. The zero-order chi connectivity index (χ0) is 20.5. The number of H-pyrrole nitrogens is 1. The maximum absolute atomic E-state index is 12.7. The van der Waals surface area contributed by atoms with E-state index < -0.39 is 23.8 Å². The second-order valence-corrected chi connectivity index (χ2v) is 8.42. The lowest BCUT2D eigenvalue weighted by molar-refractivity contribution is -0.000213. The number of carboxylic acid groups (broad SMARTS) is 1. The molecule has 1 aromatic heterocycles. The second kappa shape index (κ2) is 7.81. The van der Waals surface area contributed by atoms with E-state index in [2.05, 4.69) is 10.2 Å². The molecule has 1 unspecified atom stereocenters. The van der Waals surface area contributed by atoms with E-state index >= 15 is 0 Å². The number of ether oxygens (including phenoxy) is 1. The lowest BCUT2D eigenvalue weighted by Gasteiger charge is -2.40. The summed E-state index contributed by atoms with van der Waals surface area (Å²) in [5, 5.41) is 16.2. The molecule has 1 aliphatic carbocycles. The largest absolute Gasteiger partial charge is 0.465 e. The second-order valence-electron chi connectivity index (χ2n) is 8.42. The number of aromatic nitrogens is 2. The Labute approximate surface area is 163 Å². The molecule has 0 aromatic carbocycles. The lowest BCUT2D eigenvalue weighted by Crippen LogP contribution is -2.58. The highest BCUT2D eigenvalue weighted by molar-refractivity contribution is 5.70. The van der Waals surface area contributed by atoms with Crippen molar-refractivity contribution in [3.8, 4) is 0 Å². The number of hydrogen-bond acceptors (Lipinski definition) is 5. The van der Waals surface area contributed by atoms with Gasteiger partial charge in [0, 0.05) is 31.6 Å². The standard InChI is InChI=1S/C19H28N4O5/c1-19(2,3)28-18(27)23-9-8-22(17(25)26)11-12(23)10-15-13-6-4-5-7-14(13)16(24)21-20-15/h12H,4-11H2,1-3H3,(H,21,24)(H,25,26). The number of carbonyl (C=O) groups excluding carboxylic acids is 1. The van der Waals surface area contributed by atoms with Gasteiger partial charge >= 0.3 is 12.2 Å². The molecule has 0 radical (unpaired) electrons. The molecule has 2 amide bonds. The third kappa shape index (κ3) is 4.45. The predicted octanol–water partition coefficient (Wildman–Crippen LogP) is 1.79. The molecule has 0 bridgehead atoms. The van der Waals surface area contributed by atoms with Gasteiger partial charge in [0.25, 0.3) is 5.56 Å². The average molecular weight is 392 g/mol. The van der Waals surface area contributed by atoms with Crippen molar-refractivity contribution in [2.45, 2.75) is 64.5 Å². The van der Waals surface area contributed by atoms with Crippen LogP contribution in [-0.2, 0) is 24.0 Å². The molecule has 28 heavy (non-hydrogen) atoms. The number of aromatic amines is 1. The number of carbonyl (C=O) groups is 2. The first-order chi connectivity index (χ1) is 13.2. The molecule has 2 heterocycles. The van der Waals surface area contributed by atoms with Gasteiger partial charge in [0.2, 0.25) is 0 Å². The molecule has 1 aromatic rings. The van der Waals surface area contributed by atoms with E-state index in [1.54, 1.807) is 25.7 Å². The van der Waals surface area contributed by atoms with Gasteiger partial charge in [-0.2, -0.15) is 5.10 Å². The molecule has 0 saturated carbocycles. The summed E-state index contributed by atoms with van der Waals surface area (Å²) in [6.45, 7) is 6.08. The Kier molecular flexibility index (Phi) is 5.62. The van der Waals surface area contributed by atoms with Crippen LogP contribution in [0, 0.1) is 0 Å². The van der Waals surface area contributed by atoms with E-state index in [4.69, 9.17) is 4.74 Å². The van der Waals surface area contributed by atoms with Gasteiger partial charge in [-0.25, -0.2) is 14.7 Å². The first kappa shape index (κ1) is 20.2. The van der Waals surface area contributed by atoms with Crippen LogP contribution in [0.2, 0.25) is 0 Å². The SMILES string of the molecule is CC(C)(C)OC(=O)N1CCN(C(=O)O)CC1Cc1n[nH]c(=O)c2c1CCCC2. The van der Waals surface area contributed by atoms with Crippen LogP contribution in [0.5, 0.6) is 0 Å². The van der Waals surface area contributed by atoms with Crippen LogP contribution in [-0.4, -0.2) is 68.6 Å². The maximum atomic E-state index is 12.7. The van der Waals surface area contributed by atoms with E-state index in [9.17, 15) is 19.5 Å². The fourth-order valence-corrected chi connectivity index (χ4v) is 3.88. The molecule has 1 atom stereocenters. The fraction of sp³-hybridized carbons (Fsp3) is 0.684. The molecular formula is C19H28N4O5. The molecule has 1 fully saturated rings. The van der Waals surface area contributed by atoms with Gasteiger partial charge in [-0.05, 0) is 52.0 Å². The maximum Gasteiger partial charge on any atom is 0.410 e. The fourth-order valence-electron chi connectivity index (χ4n) is 3.88. The Hall–Kier alpha value is -2.58. The van der Waals surface area contributed by atoms with Crippen molar-refractivity contribution >= 4 is 12.2 Å². The smallest absolute Gasteiger partial charge is 0.410 e. The number of fused-ring (bicyclic) bond motifs is 1. The summed E-state index contributed by atoms with van der Waals surface area (Å²) >= 11 is 0. The highest BCUT2D eigenvalue weighted by Gasteiger charge is 2.36. The van der Waals surface area contributed by atoms with Crippen LogP contribution in [0.25, 0.3) is 0 Å². The molecule has 9 heteroatoms. The van der Waals surface area contributed by atoms with Crippen LogP contribution >= 0.6 is 0 Å². The van der Waals surface area contributed by atoms with Gasteiger partial charge in [-0.1, -0.05) is 0 Å². The zero-order valence-corrected chi connectivity index (χ0v) is 16.7. The molecule has 0 spiro atoms. The van der Waals surface area contributed by atoms with E-state index in [0.29, 0.717) is 6.42 Å². The Morgan fingerprint density at radius 3 is 2.54 bits per heavy atom. The molecule has 1 saturated heterocycles. The average Bonchev–Trinajstić information content (AvgIpc) is 2.62. The van der Waals surface area contributed by atoms with Gasteiger partial charge in [-0.15, -0.1) is 0 Å². The van der Waals surface area contributed by atoms with Gasteiger partial charge < -0.3 is 19.6 Å². The molecular weight excluding hydrogens is 364 g/mol. The van der Waals surface area contributed by atoms with E-state index in [1.807, 2.05) is 0 Å². The number of nitrogens with one attached hydrogen (secondary N) is 1. The minimum absolute atomic E-state index is 0.154. The van der Waals surface area contributed by atoms with Crippen molar-refractivity contribution in [2.24, 2.45) is 0 Å². The predicted molar refractivity (Wildman–Crippen MR) is 102 cm³/mol. The number of rotatable bonds is 2. The van der Waals surface area contributed by atoms with E-state index in [1.165, 1.54) is 4.90 Å². The molecule has 2 aliphatic rings. The third-order valence-electron chi connectivity index (χ3n) is 5.19. The number of nitrogens with zero attached hydrogens (tertiary/aromatic N) is 3. The lowest BCUT2D eigenvalue weighted by atomic mass is 9.89. The van der Waals surface area contributed by atoms with Crippen molar-refractivity contribution in [3.05, 3.63) is 27.2 Å². The van der Waals surface area contributed by atoms with Crippen LogP contribution in [0.4, 0.5) is 9.59 Å². The minimum atomic E-state index is -1.01. The summed E-state index contributed by atoms with van der Waals surface area (Å²) in [4.78, 5) is 39.1. The summed E-state index contributed by atoms with van der Waals surface area (Å²) in [5.41, 5.74) is 1.66. The molecule has 154 valence electrons. The minimum Gasteiger partial charge on any atom is -0.465 e. The Balaban J connectivity index is 1.87. The Morgan fingerprint density at radius 1 is 1.21 bits per heavy atom. The molecule has 3 rings (SSSR count). The van der Waals surface area contributed by atoms with Crippen LogP contribution < -0.4 is 5.56 Å². The van der Waals surface area contributed by atoms with E-state index in [0.717, 1.165) is 42.5 Å². The summed E-state index contributed by atoms with van der Waals surface area (Å²) in [5.74, 6) is 0. The van der Waals surface area contributed by atoms with Gasteiger partial charge in [0.05, 0.1) is 11.7 Å². The highest BCUT2D eigenvalue weighted by Crippen LogP contribution is 2.24. The Morgan fingerprint density at radius 2 is 1.89 bits per heavy atom. The number of piperazine rings is 1. The first-order valence-electron chi connectivity index (χ1n) is 9.72. The molecule has 2 N–H and O–H groups in total. The normalized spacial score (nSPS) is 19.9. The van der Waals surface area contributed by atoms with Crippen molar-refractivity contribution in [1.82, 2.24) is 20.0 Å². The van der Waals surface area contributed by atoms with Crippen molar-refractivity contribution in [3.63, 3.8) is 0 Å². The first-order valence-corrected chi connectivity index (χ1v) is 9.72. The summed E-state index contributed by atoms with van der Waals surface area (Å²) in [6.07, 6.45) is 2.38. The molecule has 9 nitrogen and oxygen atoms in total. The molecule has 1 aliphatic heterocycles. The van der Waals surface area contributed by atoms with E-state index in [-0.39, 0.29) is 25.2 Å². The highest BCUT2D eigenvalue weighted by atomic mass is 16.6. The van der Waals surface area contributed by atoms with Crippen molar-refractivity contribution in [2.75, 3.05) is 19.6 Å². The topological polar surface area (TPSA) is 116 Å². The van der Waals surface area contributed by atoms with Crippen LogP contribution in [0.1, 0.15) is 50.4 Å². The van der Waals surface area contributed by atoms with Crippen molar-refractivity contribution in [1.29, 1.82) is 0 Å². The summed E-state index contributed by atoms with van der Waals surface area (Å²) in [6, 6.07) is -0.399. The number of hydrogen-bond donors (Lipinski definition) is 2. The monoisotopic (exact) mass is 392 g/mol.